The predicted octanol–water partition coefficient (Wildman–Crippen LogP) is 0.394. The zero-order valence-electron chi connectivity index (χ0n) is 8.34. The fourth-order valence-electron chi connectivity index (χ4n) is 1.54. The molecule has 0 spiro atoms. The van der Waals surface area contributed by atoms with Crippen LogP contribution in [0.1, 0.15) is 17.4 Å². The standard InChI is InChI=1S/C8H12N4OS.ClH/c1-6-5-12(3-2-9-6)8(13)7-4-10-14-11-7;/h4,6,9H,2-3,5H2,1H3;1H/t6-;/m0./s1. The van der Waals surface area contributed by atoms with Gasteiger partial charge in [0.15, 0.2) is 5.69 Å². The highest BCUT2D eigenvalue weighted by Gasteiger charge is 2.22. The molecule has 0 radical (unpaired) electrons. The van der Waals surface area contributed by atoms with Crippen LogP contribution in [0.2, 0.25) is 0 Å². The molecule has 1 saturated heterocycles. The maximum atomic E-state index is 11.8. The number of nitrogens with one attached hydrogen (secondary N) is 1. The van der Waals surface area contributed by atoms with Gasteiger partial charge in [-0.25, -0.2) is 0 Å². The van der Waals surface area contributed by atoms with Gasteiger partial charge in [0.2, 0.25) is 0 Å². The Bertz CT molecular complexity index is 318. The summed E-state index contributed by atoms with van der Waals surface area (Å²) < 4.78 is 7.76. The van der Waals surface area contributed by atoms with E-state index >= 15 is 0 Å². The molecule has 1 aliphatic rings. The van der Waals surface area contributed by atoms with Crippen LogP contribution in [0.25, 0.3) is 0 Å². The summed E-state index contributed by atoms with van der Waals surface area (Å²) in [5, 5.41) is 3.28. The average molecular weight is 249 g/mol. The predicted molar refractivity (Wildman–Crippen MR) is 60.5 cm³/mol. The van der Waals surface area contributed by atoms with E-state index in [0.717, 1.165) is 31.4 Å². The lowest BCUT2D eigenvalue weighted by Gasteiger charge is -2.31. The first-order chi connectivity index (χ1) is 6.77. The molecule has 1 amide bonds. The van der Waals surface area contributed by atoms with Crippen molar-refractivity contribution < 1.29 is 4.79 Å². The van der Waals surface area contributed by atoms with Gasteiger partial charge in [-0.2, -0.15) is 8.75 Å². The van der Waals surface area contributed by atoms with Crippen molar-refractivity contribution in [2.24, 2.45) is 0 Å². The third-order valence-electron chi connectivity index (χ3n) is 2.24. The van der Waals surface area contributed by atoms with Crippen LogP contribution in [0.4, 0.5) is 0 Å². The molecule has 0 saturated carbocycles. The van der Waals surface area contributed by atoms with E-state index in [-0.39, 0.29) is 18.3 Å². The van der Waals surface area contributed by atoms with E-state index < -0.39 is 0 Å². The van der Waals surface area contributed by atoms with Crippen LogP contribution in [0, 0.1) is 0 Å². The summed E-state index contributed by atoms with van der Waals surface area (Å²) in [6.45, 7) is 4.42. The Hall–Kier alpha value is -0.720. The van der Waals surface area contributed by atoms with Crippen molar-refractivity contribution in [2.45, 2.75) is 13.0 Å². The van der Waals surface area contributed by atoms with E-state index in [2.05, 4.69) is 21.0 Å². The van der Waals surface area contributed by atoms with Gasteiger partial charge < -0.3 is 10.2 Å². The quantitative estimate of drug-likeness (QED) is 0.782. The van der Waals surface area contributed by atoms with Gasteiger partial charge in [-0.05, 0) is 6.92 Å². The van der Waals surface area contributed by atoms with E-state index in [1.54, 1.807) is 0 Å². The Balaban J connectivity index is 0.00000112. The molecule has 0 bridgehead atoms. The van der Waals surface area contributed by atoms with Crippen molar-refractivity contribution in [1.29, 1.82) is 0 Å². The van der Waals surface area contributed by atoms with Crippen LogP contribution in [0.3, 0.4) is 0 Å². The Morgan fingerprint density at radius 1 is 1.73 bits per heavy atom. The van der Waals surface area contributed by atoms with E-state index in [9.17, 15) is 4.79 Å². The molecule has 1 fully saturated rings. The average Bonchev–Trinajstić information content (AvgIpc) is 2.69. The minimum Gasteiger partial charge on any atom is -0.334 e. The van der Waals surface area contributed by atoms with Gasteiger partial charge in [0.25, 0.3) is 5.91 Å². The van der Waals surface area contributed by atoms with Crippen LogP contribution >= 0.6 is 24.1 Å². The van der Waals surface area contributed by atoms with Crippen molar-refractivity contribution in [3.05, 3.63) is 11.9 Å². The van der Waals surface area contributed by atoms with Crippen molar-refractivity contribution in [3.8, 4) is 0 Å². The Morgan fingerprint density at radius 2 is 2.53 bits per heavy atom. The number of hydrogen-bond donors (Lipinski definition) is 1. The lowest BCUT2D eigenvalue weighted by atomic mass is 10.2. The van der Waals surface area contributed by atoms with Crippen LogP contribution < -0.4 is 5.32 Å². The molecule has 1 aliphatic heterocycles. The molecule has 15 heavy (non-hydrogen) atoms. The van der Waals surface area contributed by atoms with Crippen molar-refractivity contribution in [1.82, 2.24) is 19.0 Å². The fourth-order valence-corrected chi connectivity index (χ4v) is 1.94. The van der Waals surface area contributed by atoms with Crippen LogP contribution in [-0.2, 0) is 0 Å². The molecule has 1 atom stereocenters. The molecule has 2 heterocycles. The molecular weight excluding hydrogens is 236 g/mol. The maximum absolute atomic E-state index is 11.8. The van der Waals surface area contributed by atoms with Crippen LogP contribution in [0.5, 0.6) is 0 Å². The molecule has 1 aromatic rings. The van der Waals surface area contributed by atoms with E-state index in [1.807, 2.05) is 4.90 Å². The number of aromatic nitrogens is 2. The SMILES string of the molecule is C[C@H]1CN(C(=O)c2cnsn2)CCN1.Cl. The Morgan fingerprint density at radius 3 is 3.13 bits per heavy atom. The number of carbonyl (C=O) groups is 1. The topological polar surface area (TPSA) is 58.1 Å². The smallest absolute Gasteiger partial charge is 0.275 e. The molecule has 84 valence electrons. The monoisotopic (exact) mass is 248 g/mol. The molecule has 5 nitrogen and oxygen atoms in total. The normalized spacial score (nSPS) is 20.9. The zero-order valence-corrected chi connectivity index (χ0v) is 9.98. The highest BCUT2D eigenvalue weighted by molar-refractivity contribution is 6.99. The first-order valence-electron chi connectivity index (χ1n) is 4.57. The number of piperazine rings is 1. The van der Waals surface area contributed by atoms with Gasteiger partial charge in [-0.15, -0.1) is 12.4 Å². The Labute approximate surface area is 98.6 Å². The van der Waals surface area contributed by atoms with Crippen molar-refractivity contribution in [2.75, 3.05) is 19.6 Å². The summed E-state index contributed by atoms with van der Waals surface area (Å²) in [6, 6.07) is 0.360. The van der Waals surface area contributed by atoms with Gasteiger partial charge in [0.1, 0.15) is 0 Å². The van der Waals surface area contributed by atoms with Gasteiger partial charge in [0.05, 0.1) is 17.9 Å². The van der Waals surface area contributed by atoms with Gasteiger partial charge in [0, 0.05) is 25.7 Å². The number of halogens is 1. The molecular formula is C8H13ClN4OS. The summed E-state index contributed by atoms with van der Waals surface area (Å²) in [5.74, 6) is -0.00731. The van der Waals surface area contributed by atoms with Gasteiger partial charge in [-0.3, -0.25) is 4.79 Å². The summed E-state index contributed by atoms with van der Waals surface area (Å²) in [6.07, 6.45) is 1.53. The summed E-state index contributed by atoms with van der Waals surface area (Å²) in [4.78, 5) is 13.6. The highest BCUT2D eigenvalue weighted by atomic mass is 35.5. The second-order valence-corrected chi connectivity index (χ2v) is 3.96. The summed E-state index contributed by atoms with van der Waals surface area (Å²) >= 11 is 1.07. The molecule has 2 rings (SSSR count). The fraction of sp³-hybridized carbons (Fsp3) is 0.625. The number of carbonyl (C=O) groups excluding carboxylic acids is 1. The molecule has 0 aliphatic carbocycles. The maximum Gasteiger partial charge on any atom is 0.275 e. The minimum absolute atomic E-state index is 0. The third kappa shape index (κ3) is 2.87. The van der Waals surface area contributed by atoms with Crippen LogP contribution in [0.15, 0.2) is 6.20 Å². The molecule has 1 N–H and O–H groups in total. The van der Waals surface area contributed by atoms with Crippen molar-refractivity contribution in [3.63, 3.8) is 0 Å². The first kappa shape index (κ1) is 12.4. The van der Waals surface area contributed by atoms with Gasteiger partial charge >= 0.3 is 0 Å². The molecule has 7 heteroatoms. The number of hydrogen-bond acceptors (Lipinski definition) is 5. The van der Waals surface area contributed by atoms with E-state index in [0.29, 0.717) is 11.7 Å². The summed E-state index contributed by atoms with van der Waals surface area (Å²) in [5.41, 5.74) is 0.462. The lowest BCUT2D eigenvalue weighted by molar-refractivity contribution is 0.0704. The highest BCUT2D eigenvalue weighted by Crippen LogP contribution is 2.05. The number of nitrogens with zero attached hydrogens (tertiary/aromatic N) is 3. The first-order valence-corrected chi connectivity index (χ1v) is 5.30. The summed E-state index contributed by atoms with van der Waals surface area (Å²) in [7, 11) is 0. The van der Waals surface area contributed by atoms with Gasteiger partial charge in [-0.1, -0.05) is 0 Å². The number of rotatable bonds is 1. The zero-order chi connectivity index (χ0) is 9.97. The molecule has 0 aromatic carbocycles. The third-order valence-corrected chi connectivity index (χ3v) is 2.71. The van der Waals surface area contributed by atoms with Crippen LogP contribution in [-0.4, -0.2) is 45.2 Å². The largest absolute Gasteiger partial charge is 0.334 e. The second-order valence-electron chi connectivity index (χ2n) is 3.40. The Kier molecular flexibility index (Phi) is 4.44. The molecule has 0 unspecified atom stereocenters. The molecule has 1 aromatic heterocycles. The second kappa shape index (κ2) is 5.39. The van der Waals surface area contributed by atoms with Crippen molar-refractivity contribution >= 4 is 30.0 Å². The van der Waals surface area contributed by atoms with E-state index in [4.69, 9.17) is 0 Å². The van der Waals surface area contributed by atoms with E-state index in [1.165, 1.54) is 6.20 Å². The minimum atomic E-state index is -0.00731. The number of amides is 1. The lowest BCUT2D eigenvalue weighted by Crippen LogP contribution is -2.51.